The first-order valence-corrected chi connectivity index (χ1v) is 17.9. The fraction of sp³-hybridized carbons (Fsp3) is 0.500. The van der Waals surface area contributed by atoms with Crippen LogP contribution in [0.2, 0.25) is 0 Å². The maximum atomic E-state index is 13.1. The molecule has 0 bridgehead atoms. The summed E-state index contributed by atoms with van der Waals surface area (Å²) >= 11 is 0. The number of hydrogen-bond acceptors (Lipinski definition) is 14. The Balaban J connectivity index is 1.01. The van der Waals surface area contributed by atoms with Crippen molar-refractivity contribution in [3.05, 3.63) is 94.0 Å². The second kappa shape index (κ2) is 28.1. The third kappa shape index (κ3) is 20.5. The highest BCUT2D eigenvalue weighted by molar-refractivity contribution is 5.96. The zero-order chi connectivity index (χ0) is 40.1. The van der Waals surface area contributed by atoms with Gasteiger partial charge in [-0.1, -0.05) is 18.2 Å². The number of halogens is 3. The maximum absolute atomic E-state index is 13.1. The summed E-state index contributed by atoms with van der Waals surface area (Å²) < 4.78 is 93.4. The molecule has 3 rings (SSSR count). The van der Waals surface area contributed by atoms with Gasteiger partial charge in [0.15, 0.2) is 0 Å². The molecule has 1 N–H and O–H groups in total. The molecule has 0 aliphatic rings. The van der Waals surface area contributed by atoms with Crippen molar-refractivity contribution in [3.63, 3.8) is 0 Å². The van der Waals surface area contributed by atoms with E-state index >= 15 is 0 Å². The standard InChI is InChI=1S/C38H49F3N2O13/c39-38(40,41)31-4-3-5-32(30-31)42-36-7-2-1-6-35(36)37(44)56-29-27-54-25-23-52-21-19-50-17-15-48-13-12-47-14-16-49-18-20-51-22-24-53-26-28-55-34-10-8-33(9-11-34)43(45)46/h1-11,30,42H,12-29H2. The van der Waals surface area contributed by atoms with Crippen LogP contribution < -0.4 is 10.1 Å². The van der Waals surface area contributed by atoms with Gasteiger partial charge in [0.2, 0.25) is 0 Å². The molecule has 310 valence electrons. The molecule has 0 radical (unpaired) electrons. The number of benzene rings is 3. The molecule has 15 nitrogen and oxygen atoms in total. The molecule has 0 aliphatic heterocycles. The summed E-state index contributed by atoms with van der Waals surface area (Å²) in [4.78, 5) is 22.8. The monoisotopic (exact) mass is 798 g/mol. The first-order chi connectivity index (χ1) is 27.2. The van der Waals surface area contributed by atoms with E-state index < -0.39 is 22.6 Å². The number of nitro benzene ring substituents is 1. The van der Waals surface area contributed by atoms with Crippen LogP contribution in [0.15, 0.2) is 72.8 Å². The van der Waals surface area contributed by atoms with Gasteiger partial charge in [0.25, 0.3) is 5.69 Å². The van der Waals surface area contributed by atoms with Gasteiger partial charge in [-0.3, -0.25) is 10.1 Å². The van der Waals surface area contributed by atoms with Crippen molar-refractivity contribution >= 4 is 23.0 Å². The summed E-state index contributed by atoms with van der Waals surface area (Å²) in [6.07, 6.45) is -4.48. The van der Waals surface area contributed by atoms with Crippen molar-refractivity contribution in [1.82, 2.24) is 0 Å². The van der Waals surface area contributed by atoms with Crippen LogP contribution in [0, 0.1) is 10.1 Å². The maximum Gasteiger partial charge on any atom is 0.416 e. The Hall–Kier alpha value is -4.40. The highest BCUT2D eigenvalue weighted by atomic mass is 19.4. The van der Waals surface area contributed by atoms with Crippen LogP contribution >= 0.6 is 0 Å². The van der Waals surface area contributed by atoms with E-state index in [1.807, 2.05) is 0 Å². The summed E-state index contributed by atoms with van der Waals surface area (Å²) in [5.74, 6) is -0.0992. The van der Waals surface area contributed by atoms with Crippen molar-refractivity contribution < 1.29 is 70.3 Å². The van der Waals surface area contributed by atoms with Gasteiger partial charge >= 0.3 is 12.1 Å². The predicted octanol–water partition coefficient (Wildman–Crippen LogP) is 5.73. The Labute approximate surface area is 323 Å². The van der Waals surface area contributed by atoms with Crippen molar-refractivity contribution in [2.24, 2.45) is 0 Å². The van der Waals surface area contributed by atoms with E-state index in [4.69, 9.17) is 47.4 Å². The van der Waals surface area contributed by atoms with Crippen molar-refractivity contribution in [2.45, 2.75) is 6.18 Å². The third-order valence-corrected chi connectivity index (χ3v) is 7.22. The Morgan fingerprint density at radius 1 is 0.571 bits per heavy atom. The van der Waals surface area contributed by atoms with Gasteiger partial charge in [0, 0.05) is 17.8 Å². The molecule has 0 atom stereocenters. The lowest BCUT2D eigenvalue weighted by Crippen LogP contribution is -2.16. The zero-order valence-electron chi connectivity index (χ0n) is 31.0. The van der Waals surface area contributed by atoms with Crippen LogP contribution in [0.3, 0.4) is 0 Å². The topological polar surface area (TPSA) is 165 Å². The number of carbonyl (C=O) groups excluding carboxylic acids is 1. The highest BCUT2D eigenvalue weighted by Crippen LogP contribution is 2.32. The van der Waals surface area contributed by atoms with Crippen LogP contribution in [-0.2, 0) is 48.8 Å². The van der Waals surface area contributed by atoms with Gasteiger partial charge in [-0.25, -0.2) is 4.79 Å². The number of hydrogen-bond donors (Lipinski definition) is 1. The van der Waals surface area contributed by atoms with Crippen molar-refractivity contribution in [1.29, 1.82) is 0 Å². The fourth-order valence-electron chi connectivity index (χ4n) is 4.49. The van der Waals surface area contributed by atoms with Crippen LogP contribution in [0.25, 0.3) is 0 Å². The molecule has 0 aliphatic carbocycles. The number of nitro groups is 1. The van der Waals surface area contributed by atoms with Gasteiger partial charge in [-0.05, 0) is 42.5 Å². The second-order valence-electron chi connectivity index (χ2n) is 11.4. The average molecular weight is 799 g/mol. The Bertz CT molecular complexity index is 1520. The van der Waals surface area contributed by atoms with Crippen LogP contribution in [-0.4, -0.2) is 130 Å². The number of anilines is 2. The molecule has 0 fully saturated rings. The number of non-ortho nitro benzene ring substituents is 1. The summed E-state index contributed by atoms with van der Waals surface area (Å²) in [6, 6.07) is 16.9. The molecular weight excluding hydrogens is 749 g/mol. The predicted molar refractivity (Wildman–Crippen MR) is 197 cm³/mol. The molecule has 0 saturated carbocycles. The summed E-state index contributed by atoms with van der Waals surface area (Å²) in [5.41, 5.74) is -0.109. The molecule has 0 spiro atoms. The number of rotatable bonds is 32. The number of nitrogens with one attached hydrogen (secondary N) is 1. The molecule has 0 heterocycles. The van der Waals surface area contributed by atoms with E-state index in [-0.39, 0.29) is 36.8 Å². The number of nitrogens with zero attached hydrogens (tertiary/aromatic N) is 1. The molecule has 0 saturated heterocycles. The van der Waals surface area contributed by atoms with Gasteiger partial charge in [-0.15, -0.1) is 0 Å². The van der Waals surface area contributed by atoms with E-state index in [1.165, 1.54) is 30.3 Å². The van der Waals surface area contributed by atoms with Crippen molar-refractivity contribution in [3.8, 4) is 5.75 Å². The first kappa shape index (κ1) is 46.0. The molecule has 18 heteroatoms. The number of para-hydroxylation sites is 1. The molecular formula is C38H49F3N2O13. The van der Waals surface area contributed by atoms with Crippen molar-refractivity contribution in [2.75, 3.05) is 124 Å². The third-order valence-electron chi connectivity index (χ3n) is 7.22. The minimum Gasteiger partial charge on any atom is -0.491 e. The minimum atomic E-state index is -4.48. The lowest BCUT2D eigenvalue weighted by Gasteiger charge is -2.13. The Kier molecular flexibility index (Phi) is 23.0. The quantitative estimate of drug-likeness (QED) is 0.0353. The molecule has 3 aromatic carbocycles. The highest BCUT2D eigenvalue weighted by Gasteiger charge is 2.30. The number of esters is 1. The summed E-state index contributed by atoms with van der Waals surface area (Å²) in [5, 5.41) is 13.5. The minimum absolute atomic E-state index is 0.00997. The molecule has 56 heavy (non-hydrogen) atoms. The van der Waals surface area contributed by atoms with E-state index in [0.29, 0.717) is 111 Å². The SMILES string of the molecule is O=C(OCCOCCOCCOCCOCCOCCOCCOCCOCCOc1ccc([N+](=O)[O-])cc1)c1ccccc1Nc1cccc(C(F)(F)F)c1. The Morgan fingerprint density at radius 3 is 1.48 bits per heavy atom. The van der Waals surface area contributed by atoms with Gasteiger partial charge in [-0.2, -0.15) is 13.2 Å². The largest absolute Gasteiger partial charge is 0.491 e. The smallest absolute Gasteiger partial charge is 0.416 e. The number of ether oxygens (including phenoxy) is 10. The molecule has 3 aromatic rings. The van der Waals surface area contributed by atoms with Crippen LogP contribution in [0.4, 0.5) is 30.2 Å². The van der Waals surface area contributed by atoms with Gasteiger partial charge in [0.1, 0.15) is 19.0 Å². The van der Waals surface area contributed by atoms with E-state index in [1.54, 1.807) is 30.3 Å². The summed E-state index contributed by atoms with van der Waals surface area (Å²) in [6.45, 7) is 6.46. The normalized spacial score (nSPS) is 11.4. The number of carbonyl (C=O) groups is 1. The fourth-order valence-corrected chi connectivity index (χ4v) is 4.49. The molecule has 0 unspecified atom stereocenters. The lowest BCUT2D eigenvalue weighted by molar-refractivity contribution is -0.384. The first-order valence-electron chi connectivity index (χ1n) is 17.9. The second-order valence-corrected chi connectivity index (χ2v) is 11.4. The zero-order valence-corrected chi connectivity index (χ0v) is 31.0. The molecule has 0 aromatic heterocycles. The number of alkyl halides is 3. The lowest BCUT2D eigenvalue weighted by atomic mass is 10.1. The van der Waals surface area contributed by atoms with Gasteiger partial charge < -0.3 is 52.7 Å². The van der Waals surface area contributed by atoms with Gasteiger partial charge in [0.05, 0.1) is 127 Å². The van der Waals surface area contributed by atoms with E-state index in [9.17, 15) is 28.1 Å². The van der Waals surface area contributed by atoms with E-state index in [0.717, 1.165) is 12.1 Å². The average Bonchev–Trinajstić information content (AvgIpc) is 3.19. The van der Waals surface area contributed by atoms with E-state index in [2.05, 4.69) is 5.32 Å². The Morgan fingerprint density at radius 2 is 1.02 bits per heavy atom. The van der Waals surface area contributed by atoms with Crippen LogP contribution in [0.5, 0.6) is 5.75 Å². The van der Waals surface area contributed by atoms with Crippen LogP contribution in [0.1, 0.15) is 15.9 Å². The summed E-state index contributed by atoms with van der Waals surface area (Å²) in [7, 11) is 0. The molecule has 0 amide bonds.